The maximum absolute atomic E-state index is 12.5. The predicted molar refractivity (Wildman–Crippen MR) is 96.4 cm³/mol. The van der Waals surface area contributed by atoms with Gasteiger partial charge < -0.3 is 15.8 Å². The summed E-state index contributed by atoms with van der Waals surface area (Å²) in [4.78, 5) is 13.7. The number of hydrogen-bond acceptors (Lipinski definition) is 4. The number of ether oxygens (including phenoxy) is 1. The Bertz CT molecular complexity index is 553. The van der Waals surface area contributed by atoms with Gasteiger partial charge in [0.15, 0.2) is 0 Å². The van der Waals surface area contributed by atoms with E-state index in [2.05, 4.69) is 5.32 Å². The topological polar surface area (TPSA) is 64.4 Å². The maximum atomic E-state index is 12.5. The van der Waals surface area contributed by atoms with E-state index in [0.717, 1.165) is 30.6 Å². The van der Waals surface area contributed by atoms with Crippen molar-refractivity contribution in [3.63, 3.8) is 0 Å². The van der Waals surface area contributed by atoms with Gasteiger partial charge in [-0.05, 0) is 48.9 Å². The summed E-state index contributed by atoms with van der Waals surface area (Å²) in [5, 5.41) is 3.83. The molecule has 1 fully saturated rings. The average molecular weight is 377 g/mol. The van der Waals surface area contributed by atoms with Gasteiger partial charge in [0, 0.05) is 28.9 Å². The second-order valence-corrected chi connectivity index (χ2v) is 7.43. The summed E-state index contributed by atoms with van der Waals surface area (Å²) >= 11 is 7.91. The Hall–Kier alpha value is -0.460. The highest BCUT2D eigenvalue weighted by Crippen LogP contribution is 2.37. The minimum absolute atomic E-state index is 0. The van der Waals surface area contributed by atoms with Crippen LogP contribution in [0.25, 0.3) is 0 Å². The van der Waals surface area contributed by atoms with Crippen molar-refractivity contribution in [2.45, 2.75) is 36.2 Å². The normalized spacial score (nSPS) is 22.6. The van der Waals surface area contributed by atoms with Crippen molar-refractivity contribution < 1.29 is 9.53 Å². The van der Waals surface area contributed by atoms with E-state index < -0.39 is 6.04 Å². The van der Waals surface area contributed by atoms with Gasteiger partial charge in [-0.2, -0.15) is 0 Å². The number of carbonyl (C=O) groups is 1. The Labute approximate surface area is 152 Å². The summed E-state index contributed by atoms with van der Waals surface area (Å²) in [5.41, 5.74) is 7.27. The van der Waals surface area contributed by atoms with Crippen molar-refractivity contribution in [1.29, 1.82) is 0 Å². The minimum atomic E-state index is -0.457. The molecule has 23 heavy (non-hydrogen) atoms. The molecule has 3 N–H and O–H groups in total. The number of benzene rings is 1. The van der Waals surface area contributed by atoms with Crippen molar-refractivity contribution in [2.24, 2.45) is 11.7 Å². The van der Waals surface area contributed by atoms with Gasteiger partial charge in [-0.25, -0.2) is 0 Å². The zero-order valence-electron chi connectivity index (χ0n) is 12.8. The fourth-order valence-electron chi connectivity index (χ4n) is 3.07. The van der Waals surface area contributed by atoms with Crippen molar-refractivity contribution in [3.05, 3.63) is 28.8 Å². The maximum Gasteiger partial charge on any atom is 0.237 e. The molecule has 0 aliphatic carbocycles. The second-order valence-electron chi connectivity index (χ2n) is 5.86. The van der Waals surface area contributed by atoms with Crippen LogP contribution in [0.5, 0.6) is 0 Å². The lowest BCUT2D eigenvalue weighted by Crippen LogP contribution is -2.48. The molecule has 0 bridgehead atoms. The summed E-state index contributed by atoms with van der Waals surface area (Å²) in [6.45, 7) is 1.40. The third kappa shape index (κ3) is 4.54. The number of thioether (sulfide) groups is 1. The molecule has 3 rings (SSSR count). The van der Waals surface area contributed by atoms with Crippen molar-refractivity contribution in [2.75, 3.05) is 19.0 Å². The van der Waals surface area contributed by atoms with E-state index in [9.17, 15) is 4.79 Å². The Kier molecular flexibility index (Phi) is 7.04. The lowest BCUT2D eigenvalue weighted by molar-refractivity contribution is -0.125. The smallest absolute Gasteiger partial charge is 0.237 e. The highest BCUT2D eigenvalue weighted by molar-refractivity contribution is 7.99. The van der Waals surface area contributed by atoms with Gasteiger partial charge in [0.25, 0.3) is 0 Å². The molecular formula is C16H22Cl2N2O2S. The van der Waals surface area contributed by atoms with Crippen LogP contribution in [-0.4, -0.2) is 30.9 Å². The van der Waals surface area contributed by atoms with Crippen LogP contribution in [0.15, 0.2) is 23.1 Å². The first kappa shape index (κ1) is 18.9. The van der Waals surface area contributed by atoms with E-state index in [4.69, 9.17) is 22.1 Å². The van der Waals surface area contributed by atoms with E-state index in [0.29, 0.717) is 18.2 Å². The second kappa shape index (κ2) is 8.58. The van der Waals surface area contributed by atoms with Gasteiger partial charge >= 0.3 is 0 Å². The predicted octanol–water partition coefficient (Wildman–Crippen LogP) is 3.17. The molecule has 0 saturated carbocycles. The van der Waals surface area contributed by atoms with E-state index in [-0.39, 0.29) is 30.3 Å². The molecule has 1 aromatic carbocycles. The minimum Gasteiger partial charge on any atom is -0.381 e. The molecule has 2 aliphatic heterocycles. The van der Waals surface area contributed by atoms with Crippen LogP contribution in [0.3, 0.4) is 0 Å². The average Bonchev–Trinajstić information content (AvgIpc) is 2.55. The number of halogens is 2. The lowest BCUT2D eigenvalue weighted by Gasteiger charge is -2.30. The molecule has 128 valence electrons. The fourth-order valence-corrected chi connectivity index (χ4v) is 4.36. The molecule has 0 spiro atoms. The summed E-state index contributed by atoms with van der Waals surface area (Å²) in [6, 6.07) is 5.42. The van der Waals surface area contributed by atoms with E-state index in [1.807, 2.05) is 18.2 Å². The monoisotopic (exact) mass is 376 g/mol. The molecular weight excluding hydrogens is 355 g/mol. The number of fused-ring (bicyclic) bond motifs is 1. The highest BCUT2D eigenvalue weighted by Gasteiger charge is 2.29. The van der Waals surface area contributed by atoms with Crippen LogP contribution in [0, 0.1) is 5.92 Å². The number of rotatable bonds is 3. The van der Waals surface area contributed by atoms with Crippen LogP contribution < -0.4 is 11.1 Å². The Morgan fingerprint density at radius 1 is 1.35 bits per heavy atom. The first-order chi connectivity index (χ1) is 10.6. The van der Waals surface area contributed by atoms with Crippen molar-refractivity contribution in [1.82, 2.24) is 5.32 Å². The van der Waals surface area contributed by atoms with Crippen LogP contribution >= 0.6 is 35.8 Å². The summed E-state index contributed by atoms with van der Waals surface area (Å²) in [5.74, 6) is 1.15. The van der Waals surface area contributed by atoms with Gasteiger partial charge in [0.1, 0.15) is 0 Å². The third-order valence-electron chi connectivity index (χ3n) is 4.40. The first-order valence-electron chi connectivity index (χ1n) is 7.71. The molecule has 2 atom stereocenters. The molecule has 2 heterocycles. The first-order valence-corrected chi connectivity index (χ1v) is 9.07. The van der Waals surface area contributed by atoms with E-state index in [1.165, 1.54) is 4.90 Å². The van der Waals surface area contributed by atoms with Crippen LogP contribution in [0.1, 0.15) is 30.9 Å². The van der Waals surface area contributed by atoms with Gasteiger partial charge in [-0.3, -0.25) is 4.79 Å². The SMILES string of the molecule is Cl.NC(C(=O)NC1CCSc2ccc(Cl)cc21)C1CCOCC1. The van der Waals surface area contributed by atoms with Crippen molar-refractivity contribution >= 4 is 41.7 Å². The molecule has 7 heteroatoms. The molecule has 1 saturated heterocycles. The molecule has 2 aliphatic rings. The Morgan fingerprint density at radius 3 is 2.83 bits per heavy atom. The third-order valence-corrected chi connectivity index (χ3v) is 5.76. The molecule has 0 aromatic heterocycles. The summed E-state index contributed by atoms with van der Waals surface area (Å²) < 4.78 is 5.33. The van der Waals surface area contributed by atoms with E-state index in [1.54, 1.807) is 11.8 Å². The summed E-state index contributed by atoms with van der Waals surface area (Å²) in [6.07, 6.45) is 2.62. The fraction of sp³-hybridized carbons (Fsp3) is 0.562. The van der Waals surface area contributed by atoms with E-state index >= 15 is 0 Å². The quantitative estimate of drug-likeness (QED) is 0.849. The number of carbonyl (C=O) groups excluding carboxylic acids is 1. The van der Waals surface area contributed by atoms with Gasteiger partial charge in [0.05, 0.1) is 12.1 Å². The number of nitrogens with one attached hydrogen (secondary N) is 1. The van der Waals surface area contributed by atoms with Gasteiger partial charge in [-0.15, -0.1) is 24.2 Å². The van der Waals surface area contributed by atoms with Crippen LogP contribution in [0.2, 0.25) is 5.02 Å². The largest absolute Gasteiger partial charge is 0.381 e. The summed E-state index contributed by atoms with van der Waals surface area (Å²) in [7, 11) is 0. The zero-order chi connectivity index (χ0) is 15.5. The number of hydrogen-bond donors (Lipinski definition) is 2. The van der Waals surface area contributed by atoms with Crippen LogP contribution in [0.4, 0.5) is 0 Å². The molecule has 2 unspecified atom stereocenters. The van der Waals surface area contributed by atoms with Gasteiger partial charge in [-0.1, -0.05) is 11.6 Å². The standard InChI is InChI=1S/C16H21ClN2O2S.ClH/c17-11-1-2-14-12(9-11)13(5-8-22-14)19-16(20)15(18)10-3-6-21-7-4-10;/h1-2,9-10,13,15H,3-8,18H2,(H,19,20);1H. The van der Waals surface area contributed by atoms with Gasteiger partial charge in [0.2, 0.25) is 5.91 Å². The molecule has 1 aromatic rings. The number of nitrogens with two attached hydrogens (primary N) is 1. The lowest BCUT2D eigenvalue weighted by atomic mass is 9.91. The molecule has 0 radical (unpaired) electrons. The number of amides is 1. The Balaban J connectivity index is 0.00000192. The highest BCUT2D eigenvalue weighted by atomic mass is 35.5. The zero-order valence-corrected chi connectivity index (χ0v) is 15.2. The molecule has 4 nitrogen and oxygen atoms in total. The Morgan fingerprint density at radius 2 is 2.09 bits per heavy atom. The van der Waals surface area contributed by atoms with Crippen LogP contribution in [-0.2, 0) is 9.53 Å². The molecule has 1 amide bonds. The van der Waals surface area contributed by atoms with Crippen molar-refractivity contribution in [3.8, 4) is 0 Å².